The second-order valence-corrected chi connectivity index (χ2v) is 7.36. The largest absolute Gasteiger partial charge is 0.497 e. The average molecular weight is 400 g/mol. The van der Waals surface area contributed by atoms with Crippen molar-refractivity contribution in [3.05, 3.63) is 41.2 Å². The molecule has 8 heteroatoms. The van der Waals surface area contributed by atoms with E-state index in [4.69, 9.17) is 9.47 Å². The number of hydrogen-bond acceptors (Lipinski definition) is 5. The summed E-state index contributed by atoms with van der Waals surface area (Å²) in [5, 5.41) is 7.27. The van der Waals surface area contributed by atoms with Gasteiger partial charge in [0.2, 0.25) is 5.91 Å². The zero-order valence-electron chi connectivity index (χ0n) is 17.4. The third-order valence-corrected chi connectivity index (χ3v) is 5.30. The standard InChI is InChI=1S/C21H28N4O4/c1-14(26)22-11-15-7-8-25-19(9-15)18(12-23-25)21(27)24(2)13-16-5-6-17(28-3)10-20(16)29-4/h5-6,10,12,15H,7-9,11,13H2,1-4H3,(H,22,26). The lowest BCUT2D eigenvalue weighted by Gasteiger charge is -2.25. The Morgan fingerprint density at radius 2 is 2.10 bits per heavy atom. The zero-order chi connectivity index (χ0) is 21.0. The Hall–Kier alpha value is -3.03. The van der Waals surface area contributed by atoms with Crippen LogP contribution in [-0.2, 0) is 24.3 Å². The highest BCUT2D eigenvalue weighted by atomic mass is 16.5. The molecular formula is C21H28N4O4. The monoisotopic (exact) mass is 400 g/mol. The molecule has 8 nitrogen and oxygen atoms in total. The second kappa shape index (κ2) is 8.98. The molecule has 0 radical (unpaired) electrons. The Labute approximate surface area is 170 Å². The fourth-order valence-corrected chi connectivity index (χ4v) is 3.66. The summed E-state index contributed by atoms with van der Waals surface area (Å²) in [6.45, 7) is 3.30. The Balaban J connectivity index is 1.73. The number of nitrogens with one attached hydrogen (secondary N) is 1. The number of aryl methyl sites for hydroxylation is 1. The van der Waals surface area contributed by atoms with Crippen LogP contribution in [0.3, 0.4) is 0 Å². The van der Waals surface area contributed by atoms with Crippen LogP contribution in [0.25, 0.3) is 0 Å². The average Bonchev–Trinajstić information content (AvgIpc) is 3.15. The van der Waals surface area contributed by atoms with Crippen molar-refractivity contribution in [3.63, 3.8) is 0 Å². The molecule has 1 atom stereocenters. The highest BCUT2D eigenvalue weighted by Crippen LogP contribution is 2.27. The lowest BCUT2D eigenvalue weighted by molar-refractivity contribution is -0.119. The summed E-state index contributed by atoms with van der Waals surface area (Å²) >= 11 is 0. The Morgan fingerprint density at radius 1 is 1.31 bits per heavy atom. The van der Waals surface area contributed by atoms with Gasteiger partial charge in [-0.15, -0.1) is 0 Å². The maximum atomic E-state index is 13.1. The molecule has 1 N–H and O–H groups in total. The van der Waals surface area contributed by atoms with Crippen LogP contribution in [0.15, 0.2) is 24.4 Å². The molecule has 0 saturated carbocycles. The van der Waals surface area contributed by atoms with E-state index in [-0.39, 0.29) is 11.8 Å². The molecule has 29 heavy (non-hydrogen) atoms. The molecule has 1 unspecified atom stereocenters. The predicted molar refractivity (Wildman–Crippen MR) is 108 cm³/mol. The third kappa shape index (κ3) is 4.70. The van der Waals surface area contributed by atoms with E-state index in [2.05, 4.69) is 10.4 Å². The number of carbonyl (C=O) groups is 2. The molecule has 1 aliphatic heterocycles. The summed E-state index contributed by atoms with van der Waals surface area (Å²) < 4.78 is 12.6. The van der Waals surface area contributed by atoms with E-state index < -0.39 is 0 Å². The quantitative estimate of drug-likeness (QED) is 0.767. The van der Waals surface area contributed by atoms with Crippen molar-refractivity contribution < 1.29 is 19.1 Å². The maximum Gasteiger partial charge on any atom is 0.257 e. The number of ether oxygens (including phenoxy) is 2. The minimum atomic E-state index is -0.0794. The first kappa shape index (κ1) is 20.7. The molecule has 0 spiro atoms. The van der Waals surface area contributed by atoms with E-state index in [0.29, 0.717) is 36.1 Å². The van der Waals surface area contributed by atoms with E-state index >= 15 is 0 Å². The molecule has 0 bridgehead atoms. The fourth-order valence-electron chi connectivity index (χ4n) is 3.66. The van der Waals surface area contributed by atoms with Crippen LogP contribution in [0, 0.1) is 5.92 Å². The minimum absolute atomic E-state index is 0.0337. The van der Waals surface area contributed by atoms with Crippen LogP contribution in [0.2, 0.25) is 0 Å². The Bertz CT molecular complexity index is 893. The van der Waals surface area contributed by atoms with Crippen LogP contribution >= 0.6 is 0 Å². The number of methoxy groups -OCH3 is 2. The number of carbonyl (C=O) groups excluding carboxylic acids is 2. The first-order valence-electron chi connectivity index (χ1n) is 9.68. The van der Waals surface area contributed by atoms with Gasteiger partial charge in [-0.2, -0.15) is 5.10 Å². The van der Waals surface area contributed by atoms with Gasteiger partial charge in [-0.3, -0.25) is 14.3 Å². The van der Waals surface area contributed by atoms with Crippen LogP contribution in [0.5, 0.6) is 11.5 Å². The van der Waals surface area contributed by atoms with E-state index in [1.54, 1.807) is 32.4 Å². The molecule has 0 saturated heterocycles. The highest BCUT2D eigenvalue weighted by Gasteiger charge is 2.27. The summed E-state index contributed by atoms with van der Waals surface area (Å²) in [4.78, 5) is 26.0. The molecule has 1 aliphatic rings. The molecule has 1 aromatic heterocycles. The molecule has 2 aromatic rings. The van der Waals surface area contributed by atoms with Crippen molar-refractivity contribution >= 4 is 11.8 Å². The lowest BCUT2D eigenvalue weighted by atomic mass is 9.94. The van der Waals surface area contributed by atoms with Crippen LogP contribution in [0.4, 0.5) is 0 Å². The number of amides is 2. The van der Waals surface area contributed by atoms with Gasteiger partial charge in [0.15, 0.2) is 0 Å². The first-order valence-corrected chi connectivity index (χ1v) is 9.68. The van der Waals surface area contributed by atoms with Crippen LogP contribution in [0.1, 0.15) is 35.0 Å². The maximum absolute atomic E-state index is 13.1. The van der Waals surface area contributed by atoms with Gasteiger partial charge >= 0.3 is 0 Å². The number of rotatable bonds is 7. The molecule has 2 heterocycles. The van der Waals surface area contributed by atoms with Gasteiger partial charge in [-0.1, -0.05) is 0 Å². The molecular weight excluding hydrogens is 372 g/mol. The Kier molecular flexibility index (Phi) is 6.41. The van der Waals surface area contributed by atoms with Crippen molar-refractivity contribution in [1.29, 1.82) is 0 Å². The number of nitrogens with zero attached hydrogens (tertiary/aromatic N) is 3. The number of aromatic nitrogens is 2. The van der Waals surface area contributed by atoms with Gasteiger partial charge < -0.3 is 19.7 Å². The predicted octanol–water partition coefficient (Wildman–Crippen LogP) is 1.87. The molecule has 0 aliphatic carbocycles. The zero-order valence-corrected chi connectivity index (χ0v) is 17.4. The SMILES string of the molecule is COc1ccc(CN(C)C(=O)c2cnn3c2CC(CNC(C)=O)CC3)c(OC)c1. The second-order valence-electron chi connectivity index (χ2n) is 7.36. The van der Waals surface area contributed by atoms with E-state index in [0.717, 1.165) is 30.6 Å². The summed E-state index contributed by atoms with van der Waals surface area (Å²) in [6, 6.07) is 5.56. The number of hydrogen-bond donors (Lipinski definition) is 1. The van der Waals surface area contributed by atoms with Crippen molar-refractivity contribution in [2.45, 2.75) is 32.9 Å². The number of benzene rings is 1. The van der Waals surface area contributed by atoms with Crippen molar-refractivity contribution in [2.75, 3.05) is 27.8 Å². The van der Waals surface area contributed by atoms with Gasteiger partial charge in [0.25, 0.3) is 5.91 Å². The molecule has 1 aromatic carbocycles. The molecule has 0 fully saturated rings. The van der Waals surface area contributed by atoms with Crippen molar-refractivity contribution in [3.8, 4) is 11.5 Å². The summed E-state index contributed by atoms with van der Waals surface area (Å²) in [6.07, 6.45) is 3.31. The normalized spacial score (nSPS) is 15.4. The van der Waals surface area contributed by atoms with Gasteiger partial charge in [-0.25, -0.2) is 0 Å². The topological polar surface area (TPSA) is 85.7 Å². The first-order chi connectivity index (χ1) is 13.9. The van der Waals surface area contributed by atoms with Gasteiger partial charge in [0.05, 0.1) is 31.7 Å². The van der Waals surface area contributed by atoms with Crippen molar-refractivity contribution in [2.24, 2.45) is 5.92 Å². The minimum Gasteiger partial charge on any atom is -0.497 e. The third-order valence-electron chi connectivity index (χ3n) is 5.30. The van der Waals surface area contributed by atoms with E-state index in [1.165, 1.54) is 6.92 Å². The lowest BCUT2D eigenvalue weighted by Crippen LogP contribution is -2.33. The fraction of sp³-hybridized carbons (Fsp3) is 0.476. The smallest absolute Gasteiger partial charge is 0.257 e. The van der Waals surface area contributed by atoms with Crippen molar-refractivity contribution in [1.82, 2.24) is 20.0 Å². The number of fused-ring (bicyclic) bond motifs is 1. The van der Waals surface area contributed by atoms with E-state index in [9.17, 15) is 9.59 Å². The summed E-state index contributed by atoms with van der Waals surface area (Å²) in [5.41, 5.74) is 2.45. The molecule has 2 amide bonds. The van der Waals surface area contributed by atoms with E-state index in [1.807, 2.05) is 22.9 Å². The Morgan fingerprint density at radius 3 is 2.79 bits per heavy atom. The molecule has 156 valence electrons. The van der Waals surface area contributed by atoms with Gasteiger partial charge in [0, 0.05) is 45.2 Å². The molecule has 3 rings (SSSR count). The summed E-state index contributed by atoms with van der Waals surface area (Å²) in [5.74, 6) is 1.58. The van der Waals surface area contributed by atoms with Crippen LogP contribution < -0.4 is 14.8 Å². The van der Waals surface area contributed by atoms with Gasteiger partial charge in [0.1, 0.15) is 11.5 Å². The highest BCUT2D eigenvalue weighted by molar-refractivity contribution is 5.95. The van der Waals surface area contributed by atoms with Gasteiger partial charge in [-0.05, 0) is 30.9 Å². The summed E-state index contributed by atoms with van der Waals surface area (Å²) in [7, 11) is 4.98. The van der Waals surface area contributed by atoms with Crippen LogP contribution in [-0.4, -0.2) is 54.3 Å².